The minimum atomic E-state index is -4.78. The van der Waals surface area contributed by atoms with Crippen molar-refractivity contribution in [3.8, 4) is 17.4 Å². The number of hydrogen-bond donors (Lipinski definition) is 1. The minimum absolute atomic E-state index is 0.0801. The van der Waals surface area contributed by atoms with Crippen LogP contribution < -0.4 is 14.8 Å². The molecule has 0 saturated carbocycles. The lowest BCUT2D eigenvalue weighted by atomic mass is 10.1. The van der Waals surface area contributed by atoms with E-state index in [0.29, 0.717) is 11.6 Å². The van der Waals surface area contributed by atoms with E-state index in [0.717, 1.165) is 18.2 Å². The predicted molar refractivity (Wildman–Crippen MR) is 106 cm³/mol. The second-order valence-corrected chi connectivity index (χ2v) is 6.79. The monoisotopic (exact) mass is 454 g/mol. The largest absolute Gasteiger partial charge is 0.481 e. The van der Waals surface area contributed by atoms with Gasteiger partial charge in [0.15, 0.2) is 0 Å². The number of alkyl halides is 3. The van der Waals surface area contributed by atoms with E-state index >= 15 is 0 Å². The van der Waals surface area contributed by atoms with Gasteiger partial charge in [-0.1, -0.05) is 11.6 Å². The van der Waals surface area contributed by atoms with Crippen molar-refractivity contribution in [2.45, 2.75) is 13.1 Å². The Morgan fingerprint density at radius 2 is 1.84 bits per heavy atom. The van der Waals surface area contributed by atoms with E-state index in [1.54, 1.807) is 0 Å². The fourth-order valence-corrected chi connectivity index (χ4v) is 2.95. The molecular weight excluding hydrogens is 440 g/mol. The number of halogens is 5. The standard InChI is InChI=1S/C21H15ClF4N2O3/c1-11-7-12(23)3-4-17(11)31-18-10-15(21(24,25)26)16(22)9-14(18)20(29)28-13-5-6-27-19(8-13)30-2/h3-10H,1-2H3,(H,27,28,29). The lowest BCUT2D eigenvalue weighted by Gasteiger charge is -2.17. The van der Waals surface area contributed by atoms with Crippen LogP contribution in [0.4, 0.5) is 23.2 Å². The molecule has 5 nitrogen and oxygen atoms in total. The first kappa shape index (κ1) is 22.4. The number of ether oxygens (including phenoxy) is 2. The summed E-state index contributed by atoms with van der Waals surface area (Å²) in [5, 5.41) is 1.86. The Labute approximate surface area is 179 Å². The summed E-state index contributed by atoms with van der Waals surface area (Å²) in [5.74, 6) is -1.41. The van der Waals surface area contributed by atoms with Gasteiger partial charge in [0.25, 0.3) is 5.91 Å². The highest BCUT2D eigenvalue weighted by Crippen LogP contribution is 2.40. The summed E-state index contributed by atoms with van der Waals surface area (Å²) in [6, 6.07) is 7.89. The molecule has 0 aliphatic heterocycles. The van der Waals surface area contributed by atoms with E-state index in [9.17, 15) is 22.4 Å². The first-order chi connectivity index (χ1) is 14.6. The van der Waals surface area contributed by atoms with Crippen LogP contribution in [0.1, 0.15) is 21.5 Å². The normalized spacial score (nSPS) is 11.2. The predicted octanol–water partition coefficient (Wildman–Crippen LogP) is 6.25. The average molecular weight is 455 g/mol. The zero-order chi connectivity index (χ0) is 22.8. The molecule has 0 bridgehead atoms. The molecule has 10 heteroatoms. The van der Waals surface area contributed by atoms with Crippen molar-refractivity contribution in [1.82, 2.24) is 4.98 Å². The fourth-order valence-electron chi connectivity index (χ4n) is 2.68. The van der Waals surface area contributed by atoms with Crippen LogP contribution in [0.2, 0.25) is 5.02 Å². The highest BCUT2D eigenvalue weighted by Gasteiger charge is 2.35. The second kappa shape index (κ2) is 8.81. The van der Waals surface area contributed by atoms with E-state index in [4.69, 9.17) is 21.1 Å². The average Bonchev–Trinajstić information content (AvgIpc) is 2.70. The first-order valence-corrected chi connectivity index (χ1v) is 9.12. The molecule has 0 atom stereocenters. The summed E-state index contributed by atoms with van der Waals surface area (Å²) in [5.41, 5.74) is -0.811. The van der Waals surface area contributed by atoms with Gasteiger partial charge in [0.2, 0.25) is 5.88 Å². The van der Waals surface area contributed by atoms with E-state index in [-0.39, 0.29) is 22.9 Å². The van der Waals surface area contributed by atoms with Crippen LogP contribution in [-0.2, 0) is 6.18 Å². The number of nitrogens with zero attached hydrogens (tertiary/aromatic N) is 1. The number of benzene rings is 2. The Balaban J connectivity index is 2.04. The van der Waals surface area contributed by atoms with Crippen LogP contribution in [0.15, 0.2) is 48.7 Å². The molecule has 0 aliphatic rings. The van der Waals surface area contributed by atoms with Crippen LogP contribution in [0.25, 0.3) is 0 Å². The summed E-state index contributed by atoms with van der Waals surface area (Å²) in [4.78, 5) is 16.7. The number of pyridine rings is 1. The lowest BCUT2D eigenvalue weighted by Crippen LogP contribution is -2.15. The van der Waals surface area contributed by atoms with E-state index in [1.165, 1.54) is 38.4 Å². The van der Waals surface area contributed by atoms with Crippen LogP contribution in [0, 0.1) is 12.7 Å². The molecule has 0 saturated heterocycles. The maximum Gasteiger partial charge on any atom is 0.417 e. The molecule has 1 aromatic heterocycles. The SMILES string of the molecule is COc1cc(NC(=O)c2cc(Cl)c(C(F)(F)F)cc2Oc2ccc(F)cc2C)ccn1. The van der Waals surface area contributed by atoms with E-state index < -0.39 is 34.2 Å². The van der Waals surface area contributed by atoms with Crippen molar-refractivity contribution in [2.75, 3.05) is 12.4 Å². The molecule has 3 rings (SSSR count). The van der Waals surface area contributed by atoms with Crippen molar-refractivity contribution < 1.29 is 31.8 Å². The third-order valence-corrected chi connectivity index (χ3v) is 4.49. The van der Waals surface area contributed by atoms with Gasteiger partial charge in [0.05, 0.1) is 23.3 Å². The van der Waals surface area contributed by atoms with Gasteiger partial charge in [0, 0.05) is 18.0 Å². The molecule has 0 spiro atoms. The number of aromatic nitrogens is 1. The molecule has 162 valence electrons. The number of carbonyl (C=O) groups is 1. The molecule has 31 heavy (non-hydrogen) atoms. The highest BCUT2D eigenvalue weighted by molar-refractivity contribution is 6.32. The zero-order valence-corrected chi connectivity index (χ0v) is 16.9. The van der Waals surface area contributed by atoms with Crippen LogP contribution in [-0.4, -0.2) is 18.0 Å². The summed E-state index contributed by atoms with van der Waals surface area (Å²) in [6.07, 6.45) is -3.39. The highest BCUT2D eigenvalue weighted by atomic mass is 35.5. The number of aryl methyl sites for hydroxylation is 1. The van der Waals surface area contributed by atoms with Crippen molar-refractivity contribution >= 4 is 23.2 Å². The number of anilines is 1. The van der Waals surface area contributed by atoms with Gasteiger partial charge in [-0.15, -0.1) is 0 Å². The van der Waals surface area contributed by atoms with Gasteiger partial charge in [-0.05, 0) is 48.9 Å². The Hall–Kier alpha value is -3.33. The number of carbonyl (C=O) groups excluding carboxylic acids is 1. The van der Waals surface area contributed by atoms with Gasteiger partial charge < -0.3 is 14.8 Å². The molecule has 1 amide bonds. The van der Waals surface area contributed by atoms with Gasteiger partial charge in [-0.2, -0.15) is 13.2 Å². The van der Waals surface area contributed by atoms with Crippen LogP contribution in [0.5, 0.6) is 17.4 Å². The molecule has 0 fully saturated rings. The Kier molecular flexibility index (Phi) is 6.35. The molecule has 0 aliphatic carbocycles. The molecule has 0 unspecified atom stereocenters. The smallest absolute Gasteiger partial charge is 0.417 e. The Morgan fingerprint density at radius 3 is 2.48 bits per heavy atom. The number of hydrogen-bond acceptors (Lipinski definition) is 4. The van der Waals surface area contributed by atoms with Crippen LogP contribution >= 0.6 is 11.6 Å². The molecule has 2 aromatic carbocycles. The topological polar surface area (TPSA) is 60.5 Å². The number of nitrogens with one attached hydrogen (secondary N) is 1. The van der Waals surface area contributed by atoms with E-state index in [2.05, 4.69) is 10.3 Å². The number of methoxy groups -OCH3 is 1. The summed E-state index contributed by atoms with van der Waals surface area (Å²) in [7, 11) is 1.39. The third-order valence-electron chi connectivity index (χ3n) is 4.18. The van der Waals surface area contributed by atoms with E-state index in [1.807, 2.05) is 0 Å². The first-order valence-electron chi connectivity index (χ1n) is 8.74. The number of amides is 1. The van der Waals surface area contributed by atoms with Crippen molar-refractivity contribution in [3.05, 3.63) is 76.2 Å². The minimum Gasteiger partial charge on any atom is -0.481 e. The second-order valence-electron chi connectivity index (χ2n) is 6.38. The maximum absolute atomic E-state index is 13.4. The summed E-state index contributed by atoms with van der Waals surface area (Å²) < 4.78 is 64.0. The van der Waals surface area contributed by atoms with Crippen molar-refractivity contribution in [3.63, 3.8) is 0 Å². The zero-order valence-electron chi connectivity index (χ0n) is 16.2. The molecule has 1 heterocycles. The Bertz CT molecular complexity index is 1140. The van der Waals surface area contributed by atoms with Gasteiger partial charge in [-0.3, -0.25) is 4.79 Å². The molecule has 0 radical (unpaired) electrons. The third kappa shape index (κ3) is 5.24. The molecule has 3 aromatic rings. The number of rotatable bonds is 5. The molecule has 1 N–H and O–H groups in total. The summed E-state index contributed by atoms with van der Waals surface area (Å²) in [6.45, 7) is 1.52. The maximum atomic E-state index is 13.4. The van der Waals surface area contributed by atoms with Gasteiger partial charge >= 0.3 is 6.18 Å². The summed E-state index contributed by atoms with van der Waals surface area (Å²) >= 11 is 5.80. The quantitative estimate of drug-likeness (QED) is 0.463. The lowest BCUT2D eigenvalue weighted by molar-refractivity contribution is -0.137. The van der Waals surface area contributed by atoms with Crippen molar-refractivity contribution in [2.24, 2.45) is 0 Å². The fraction of sp³-hybridized carbons (Fsp3) is 0.143. The van der Waals surface area contributed by atoms with Crippen LogP contribution in [0.3, 0.4) is 0 Å². The Morgan fingerprint density at radius 1 is 1.10 bits per heavy atom. The van der Waals surface area contributed by atoms with Crippen molar-refractivity contribution in [1.29, 1.82) is 0 Å². The van der Waals surface area contributed by atoms with Gasteiger partial charge in [-0.25, -0.2) is 9.37 Å². The molecular formula is C21H15ClF4N2O3. The van der Waals surface area contributed by atoms with Gasteiger partial charge in [0.1, 0.15) is 17.3 Å².